The predicted molar refractivity (Wildman–Crippen MR) is 60.0 cm³/mol. The second kappa shape index (κ2) is 6.02. The number of hydrogen-bond donors (Lipinski definition) is 3. The molecule has 0 aliphatic carbocycles. The SMILES string of the molecule is CCC(O)CCNc1ccc(C(N)=O)nn1. The number of nitrogens with zero attached hydrogens (tertiary/aromatic N) is 2. The molecule has 1 aromatic rings. The molecule has 0 aliphatic heterocycles. The van der Waals surface area contributed by atoms with Gasteiger partial charge in [0, 0.05) is 6.54 Å². The third kappa shape index (κ3) is 3.82. The molecule has 1 atom stereocenters. The number of carbonyl (C=O) groups is 1. The van der Waals surface area contributed by atoms with Gasteiger partial charge in [-0.1, -0.05) is 6.92 Å². The number of nitrogens with one attached hydrogen (secondary N) is 1. The Bertz CT molecular complexity index is 339. The molecule has 16 heavy (non-hydrogen) atoms. The Morgan fingerprint density at radius 1 is 1.56 bits per heavy atom. The van der Waals surface area contributed by atoms with E-state index in [9.17, 15) is 9.90 Å². The molecular weight excluding hydrogens is 208 g/mol. The molecule has 0 bridgehead atoms. The first-order valence-corrected chi connectivity index (χ1v) is 5.19. The van der Waals surface area contributed by atoms with E-state index >= 15 is 0 Å². The normalized spacial score (nSPS) is 12.1. The number of hydrogen-bond acceptors (Lipinski definition) is 5. The van der Waals surface area contributed by atoms with Crippen molar-refractivity contribution in [2.45, 2.75) is 25.9 Å². The molecule has 0 aromatic carbocycles. The summed E-state index contributed by atoms with van der Waals surface area (Å²) < 4.78 is 0. The van der Waals surface area contributed by atoms with E-state index in [1.54, 1.807) is 6.07 Å². The van der Waals surface area contributed by atoms with E-state index in [1.165, 1.54) is 6.07 Å². The molecule has 1 amide bonds. The maximum absolute atomic E-state index is 10.7. The summed E-state index contributed by atoms with van der Waals surface area (Å²) in [7, 11) is 0. The van der Waals surface area contributed by atoms with Crippen LogP contribution in [0.4, 0.5) is 5.82 Å². The van der Waals surface area contributed by atoms with Gasteiger partial charge >= 0.3 is 0 Å². The van der Waals surface area contributed by atoms with Crippen molar-refractivity contribution >= 4 is 11.7 Å². The van der Waals surface area contributed by atoms with Gasteiger partial charge in [-0.05, 0) is 25.0 Å². The summed E-state index contributed by atoms with van der Waals surface area (Å²) in [4.78, 5) is 10.7. The summed E-state index contributed by atoms with van der Waals surface area (Å²) in [6.07, 6.45) is 1.08. The van der Waals surface area contributed by atoms with E-state index in [-0.39, 0.29) is 11.8 Å². The number of aliphatic hydroxyl groups is 1. The van der Waals surface area contributed by atoms with E-state index in [1.807, 2.05) is 6.92 Å². The van der Waals surface area contributed by atoms with Crippen molar-refractivity contribution in [1.82, 2.24) is 10.2 Å². The second-order valence-corrected chi connectivity index (χ2v) is 3.45. The second-order valence-electron chi connectivity index (χ2n) is 3.45. The number of anilines is 1. The average molecular weight is 224 g/mol. The number of aliphatic hydroxyl groups excluding tert-OH is 1. The van der Waals surface area contributed by atoms with E-state index in [0.717, 1.165) is 6.42 Å². The first-order chi connectivity index (χ1) is 7.63. The maximum atomic E-state index is 10.7. The molecule has 1 aromatic heterocycles. The molecule has 88 valence electrons. The lowest BCUT2D eigenvalue weighted by Crippen LogP contribution is -2.16. The van der Waals surface area contributed by atoms with Crippen LogP contribution in [-0.4, -0.2) is 33.9 Å². The van der Waals surface area contributed by atoms with E-state index < -0.39 is 5.91 Å². The summed E-state index contributed by atoms with van der Waals surface area (Å²) in [5.74, 6) is -0.0336. The van der Waals surface area contributed by atoms with Crippen LogP contribution >= 0.6 is 0 Å². The molecule has 6 heteroatoms. The van der Waals surface area contributed by atoms with Crippen molar-refractivity contribution in [2.75, 3.05) is 11.9 Å². The molecule has 6 nitrogen and oxygen atoms in total. The molecule has 0 saturated carbocycles. The topological polar surface area (TPSA) is 101 Å². The summed E-state index contributed by atoms with van der Waals surface area (Å²) in [6, 6.07) is 3.14. The molecule has 0 fully saturated rings. The van der Waals surface area contributed by atoms with Gasteiger partial charge in [-0.3, -0.25) is 4.79 Å². The first kappa shape index (κ1) is 12.4. The molecule has 4 N–H and O–H groups in total. The standard InChI is InChI=1S/C10H16N4O2/c1-2-7(15)5-6-12-9-4-3-8(10(11)16)13-14-9/h3-4,7,15H,2,5-6H2,1H3,(H2,11,16)(H,12,14). The summed E-state index contributed by atoms with van der Waals surface area (Å²) in [5.41, 5.74) is 5.16. The average Bonchev–Trinajstić information content (AvgIpc) is 2.29. The van der Waals surface area contributed by atoms with Crippen molar-refractivity contribution in [3.05, 3.63) is 17.8 Å². The van der Waals surface area contributed by atoms with Crippen LogP contribution in [0.5, 0.6) is 0 Å². The number of amides is 1. The monoisotopic (exact) mass is 224 g/mol. The van der Waals surface area contributed by atoms with Gasteiger partial charge in [0.15, 0.2) is 5.69 Å². The molecule has 0 radical (unpaired) electrons. The lowest BCUT2D eigenvalue weighted by Gasteiger charge is -2.08. The molecule has 1 unspecified atom stereocenters. The largest absolute Gasteiger partial charge is 0.393 e. The zero-order chi connectivity index (χ0) is 12.0. The molecule has 0 aliphatic rings. The van der Waals surface area contributed by atoms with Gasteiger partial charge < -0.3 is 16.2 Å². The van der Waals surface area contributed by atoms with Crippen LogP contribution in [0.15, 0.2) is 12.1 Å². The van der Waals surface area contributed by atoms with Gasteiger partial charge in [-0.15, -0.1) is 10.2 Å². The highest BCUT2D eigenvalue weighted by atomic mass is 16.3. The third-order valence-corrected chi connectivity index (χ3v) is 2.17. The van der Waals surface area contributed by atoms with Gasteiger partial charge in [0.25, 0.3) is 5.91 Å². The van der Waals surface area contributed by atoms with E-state index in [2.05, 4.69) is 15.5 Å². The maximum Gasteiger partial charge on any atom is 0.269 e. The molecular formula is C10H16N4O2. The Morgan fingerprint density at radius 3 is 2.81 bits per heavy atom. The molecule has 0 spiro atoms. The fourth-order valence-electron chi connectivity index (χ4n) is 1.13. The molecule has 0 saturated heterocycles. The van der Waals surface area contributed by atoms with Gasteiger partial charge in [0.2, 0.25) is 0 Å². The first-order valence-electron chi connectivity index (χ1n) is 5.19. The number of rotatable bonds is 6. The highest BCUT2D eigenvalue weighted by Crippen LogP contribution is 2.03. The van der Waals surface area contributed by atoms with Crippen molar-refractivity contribution in [3.8, 4) is 0 Å². The van der Waals surface area contributed by atoms with Crippen molar-refractivity contribution in [1.29, 1.82) is 0 Å². The van der Waals surface area contributed by atoms with Crippen LogP contribution in [0.25, 0.3) is 0 Å². The lowest BCUT2D eigenvalue weighted by atomic mass is 10.2. The minimum absolute atomic E-state index is 0.138. The Kier molecular flexibility index (Phi) is 4.65. The van der Waals surface area contributed by atoms with E-state index in [0.29, 0.717) is 18.8 Å². The van der Waals surface area contributed by atoms with Crippen LogP contribution in [-0.2, 0) is 0 Å². The summed E-state index contributed by atoms with van der Waals surface area (Å²) >= 11 is 0. The van der Waals surface area contributed by atoms with Crippen LogP contribution in [0.1, 0.15) is 30.3 Å². The Hall–Kier alpha value is -1.69. The zero-order valence-electron chi connectivity index (χ0n) is 9.18. The van der Waals surface area contributed by atoms with Crippen LogP contribution in [0.3, 0.4) is 0 Å². The van der Waals surface area contributed by atoms with Gasteiger partial charge in [0.05, 0.1) is 6.10 Å². The van der Waals surface area contributed by atoms with Crippen LogP contribution in [0.2, 0.25) is 0 Å². The highest BCUT2D eigenvalue weighted by molar-refractivity contribution is 5.90. The predicted octanol–water partition coefficient (Wildman–Crippen LogP) is 0.148. The number of aromatic nitrogens is 2. The number of primary amides is 1. The molecule has 1 heterocycles. The Morgan fingerprint density at radius 2 is 2.31 bits per heavy atom. The summed E-state index contributed by atoms with van der Waals surface area (Å²) in [6.45, 7) is 2.53. The summed E-state index contributed by atoms with van der Waals surface area (Å²) in [5, 5.41) is 19.7. The minimum atomic E-state index is -0.597. The Labute approximate surface area is 93.9 Å². The lowest BCUT2D eigenvalue weighted by molar-refractivity contribution is 0.0994. The van der Waals surface area contributed by atoms with Crippen molar-refractivity contribution in [3.63, 3.8) is 0 Å². The quantitative estimate of drug-likeness (QED) is 0.638. The van der Waals surface area contributed by atoms with Crippen LogP contribution < -0.4 is 11.1 Å². The van der Waals surface area contributed by atoms with Crippen molar-refractivity contribution < 1.29 is 9.90 Å². The highest BCUT2D eigenvalue weighted by Gasteiger charge is 2.03. The zero-order valence-corrected chi connectivity index (χ0v) is 9.18. The smallest absolute Gasteiger partial charge is 0.269 e. The van der Waals surface area contributed by atoms with Gasteiger partial charge in [-0.25, -0.2) is 0 Å². The fraction of sp³-hybridized carbons (Fsp3) is 0.500. The van der Waals surface area contributed by atoms with Gasteiger partial charge in [0.1, 0.15) is 5.82 Å². The van der Waals surface area contributed by atoms with E-state index in [4.69, 9.17) is 5.73 Å². The fourth-order valence-corrected chi connectivity index (χ4v) is 1.13. The van der Waals surface area contributed by atoms with Gasteiger partial charge in [-0.2, -0.15) is 0 Å². The Balaban J connectivity index is 2.40. The van der Waals surface area contributed by atoms with Crippen molar-refractivity contribution in [2.24, 2.45) is 5.73 Å². The minimum Gasteiger partial charge on any atom is -0.393 e. The number of nitrogens with two attached hydrogens (primary N) is 1. The number of carbonyl (C=O) groups excluding carboxylic acids is 1. The van der Waals surface area contributed by atoms with Crippen LogP contribution in [0, 0.1) is 0 Å². The molecule has 1 rings (SSSR count). The third-order valence-electron chi connectivity index (χ3n) is 2.17.